The minimum Gasteiger partial charge on any atom is -0.347 e. The lowest BCUT2D eigenvalue weighted by molar-refractivity contribution is -0.116. The molecule has 2 aromatic heterocycles. The van der Waals surface area contributed by atoms with Crippen LogP contribution in [0.4, 0.5) is 0 Å². The summed E-state index contributed by atoms with van der Waals surface area (Å²) >= 11 is 6.03. The Bertz CT molecular complexity index is 860. The van der Waals surface area contributed by atoms with Crippen molar-refractivity contribution < 1.29 is 4.79 Å². The third-order valence-electron chi connectivity index (χ3n) is 3.21. The van der Waals surface area contributed by atoms with Crippen LogP contribution in [-0.4, -0.2) is 25.9 Å². The molecule has 0 bridgehead atoms. The van der Waals surface area contributed by atoms with Crippen molar-refractivity contribution in [1.82, 2.24) is 25.3 Å². The lowest BCUT2D eigenvalue weighted by Crippen LogP contribution is -2.20. The van der Waals surface area contributed by atoms with Gasteiger partial charge in [-0.05, 0) is 29.8 Å². The minimum atomic E-state index is -0.231. The average Bonchev–Trinajstić information content (AvgIpc) is 3.09. The van der Waals surface area contributed by atoms with Crippen LogP contribution in [-0.2, 0) is 11.3 Å². The maximum atomic E-state index is 11.9. The van der Waals surface area contributed by atoms with Crippen molar-refractivity contribution in [3.63, 3.8) is 0 Å². The Morgan fingerprint density at radius 1 is 1.25 bits per heavy atom. The predicted molar refractivity (Wildman–Crippen MR) is 91.5 cm³/mol. The van der Waals surface area contributed by atoms with Crippen LogP contribution in [0.1, 0.15) is 11.3 Å². The molecule has 1 N–H and O–H groups in total. The van der Waals surface area contributed by atoms with E-state index in [4.69, 9.17) is 11.6 Å². The van der Waals surface area contributed by atoms with Gasteiger partial charge in [0.1, 0.15) is 5.69 Å². The third-order valence-corrected chi connectivity index (χ3v) is 3.56. The summed E-state index contributed by atoms with van der Waals surface area (Å²) in [6, 6.07) is 11.0. The van der Waals surface area contributed by atoms with Crippen LogP contribution in [0.15, 0.2) is 61.1 Å². The van der Waals surface area contributed by atoms with Gasteiger partial charge in [0.05, 0.1) is 24.6 Å². The van der Waals surface area contributed by atoms with Crippen molar-refractivity contribution in [2.24, 2.45) is 0 Å². The fraction of sp³-hybridized carbons (Fsp3) is 0.0588. The summed E-state index contributed by atoms with van der Waals surface area (Å²) in [4.78, 5) is 15.9. The standard InChI is InChI=1S/C17H14ClN5O/c18-16-6-2-1-4-13(16)7-8-17(24)20-10-14-12-23(22-21-14)15-5-3-9-19-11-15/h1-9,11-12H,10H2,(H,20,24)/b8-7+. The van der Waals surface area contributed by atoms with E-state index >= 15 is 0 Å². The summed E-state index contributed by atoms with van der Waals surface area (Å²) in [7, 11) is 0. The van der Waals surface area contributed by atoms with Crippen molar-refractivity contribution >= 4 is 23.6 Å². The summed E-state index contributed by atoms with van der Waals surface area (Å²) in [5.41, 5.74) is 2.25. The van der Waals surface area contributed by atoms with Gasteiger partial charge in [-0.15, -0.1) is 5.10 Å². The van der Waals surface area contributed by atoms with Gasteiger partial charge in [-0.1, -0.05) is 35.0 Å². The first-order chi connectivity index (χ1) is 11.7. The molecule has 0 aliphatic rings. The van der Waals surface area contributed by atoms with E-state index in [0.29, 0.717) is 10.7 Å². The normalized spacial score (nSPS) is 10.9. The quantitative estimate of drug-likeness (QED) is 0.725. The average molecular weight is 340 g/mol. The van der Waals surface area contributed by atoms with Crippen molar-refractivity contribution in [3.05, 3.63) is 77.3 Å². The number of aromatic nitrogens is 4. The van der Waals surface area contributed by atoms with E-state index in [1.54, 1.807) is 35.4 Å². The number of nitrogens with one attached hydrogen (secondary N) is 1. The Labute approximate surface area is 143 Å². The number of rotatable bonds is 5. The van der Waals surface area contributed by atoms with E-state index < -0.39 is 0 Å². The Morgan fingerprint density at radius 3 is 2.92 bits per heavy atom. The fourth-order valence-corrected chi connectivity index (χ4v) is 2.21. The molecule has 3 aromatic rings. The lowest BCUT2D eigenvalue weighted by atomic mass is 10.2. The smallest absolute Gasteiger partial charge is 0.244 e. The molecule has 7 heteroatoms. The van der Waals surface area contributed by atoms with Gasteiger partial charge in [-0.25, -0.2) is 4.68 Å². The number of pyridine rings is 1. The number of hydrogen-bond donors (Lipinski definition) is 1. The van der Waals surface area contributed by atoms with Gasteiger partial charge in [0.25, 0.3) is 0 Å². The molecule has 120 valence electrons. The second-order valence-corrected chi connectivity index (χ2v) is 5.35. The summed E-state index contributed by atoms with van der Waals surface area (Å²) in [5.74, 6) is -0.231. The highest BCUT2D eigenvalue weighted by atomic mass is 35.5. The largest absolute Gasteiger partial charge is 0.347 e. The van der Waals surface area contributed by atoms with Gasteiger partial charge < -0.3 is 5.32 Å². The zero-order valence-electron chi connectivity index (χ0n) is 12.6. The van der Waals surface area contributed by atoms with E-state index in [0.717, 1.165) is 11.3 Å². The lowest BCUT2D eigenvalue weighted by Gasteiger charge is -1.99. The van der Waals surface area contributed by atoms with E-state index in [9.17, 15) is 4.79 Å². The van der Waals surface area contributed by atoms with E-state index in [1.165, 1.54) is 6.08 Å². The molecular weight excluding hydrogens is 326 g/mol. The van der Waals surface area contributed by atoms with Crippen molar-refractivity contribution in [1.29, 1.82) is 0 Å². The van der Waals surface area contributed by atoms with Gasteiger partial charge in [0.15, 0.2) is 0 Å². The number of amides is 1. The minimum absolute atomic E-state index is 0.231. The number of halogens is 1. The summed E-state index contributed by atoms with van der Waals surface area (Å²) in [6.07, 6.45) is 8.22. The zero-order chi connectivity index (χ0) is 16.8. The Kier molecular flexibility index (Phi) is 4.98. The van der Waals surface area contributed by atoms with Crippen molar-refractivity contribution in [2.45, 2.75) is 6.54 Å². The SMILES string of the molecule is O=C(/C=C/c1ccccc1Cl)NCc1cn(-c2cccnc2)nn1. The van der Waals surface area contributed by atoms with Gasteiger partial charge in [-0.3, -0.25) is 9.78 Å². The fourth-order valence-electron chi connectivity index (χ4n) is 2.01. The summed E-state index contributed by atoms with van der Waals surface area (Å²) in [5, 5.41) is 11.4. The van der Waals surface area contributed by atoms with E-state index in [1.807, 2.05) is 30.3 Å². The first kappa shape index (κ1) is 15.9. The van der Waals surface area contributed by atoms with Crippen LogP contribution < -0.4 is 5.32 Å². The molecule has 0 radical (unpaired) electrons. The number of carbonyl (C=O) groups is 1. The van der Waals surface area contributed by atoms with Gasteiger partial charge in [-0.2, -0.15) is 0 Å². The molecule has 0 aliphatic heterocycles. The van der Waals surface area contributed by atoms with Crippen molar-refractivity contribution in [3.8, 4) is 5.69 Å². The van der Waals surface area contributed by atoms with E-state index in [2.05, 4.69) is 20.6 Å². The molecule has 0 aliphatic carbocycles. The van der Waals surface area contributed by atoms with Crippen LogP contribution in [0, 0.1) is 0 Å². The van der Waals surface area contributed by atoms with Crippen LogP contribution in [0.25, 0.3) is 11.8 Å². The number of benzene rings is 1. The van der Waals surface area contributed by atoms with Gasteiger partial charge in [0.2, 0.25) is 5.91 Å². The maximum absolute atomic E-state index is 11.9. The highest BCUT2D eigenvalue weighted by Crippen LogP contribution is 2.16. The van der Waals surface area contributed by atoms with Crippen LogP contribution >= 0.6 is 11.6 Å². The molecule has 2 heterocycles. The summed E-state index contributed by atoms with van der Waals surface area (Å²) < 4.78 is 1.61. The first-order valence-electron chi connectivity index (χ1n) is 7.24. The third kappa shape index (κ3) is 4.05. The van der Waals surface area contributed by atoms with Crippen LogP contribution in [0.5, 0.6) is 0 Å². The molecule has 0 atom stereocenters. The molecular formula is C17H14ClN5O. The Hall–Kier alpha value is -2.99. The molecule has 0 unspecified atom stereocenters. The summed E-state index contributed by atoms with van der Waals surface area (Å²) in [6.45, 7) is 0.284. The molecule has 3 rings (SSSR count). The first-order valence-corrected chi connectivity index (χ1v) is 7.62. The number of carbonyl (C=O) groups excluding carboxylic acids is 1. The zero-order valence-corrected chi connectivity index (χ0v) is 13.4. The van der Waals surface area contributed by atoms with Crippen LogP contribution in [0.2, 0.25) is 5.02 Å². The monoisotopic (exact) mass is 339 g/mol. The number of nitrogens with zero attached hydrogens (tertiary/aromatic N) is 4. The predicted octanol–water partition coefficient (Wildman–Crippen LogP) is 2.65. The highest BCUT2D eigenvalue weighted by Gasteiger charge is 2.04. The second-order valence-electron chi connectivity index (χ2n) is 4.94. The molecule has 1 aromatic carbocycles. The molecule has 0 fully saturated rings. The highest BCUT2D eigenvalue weighted by molar-refractivity contribution is 6.32. The maximum Gasteiger partial charge on any atom is 0.244 e. The topological polar surface area (TPSA) is 72.7 Å². The van der Waals surface area contributed by atoms with Crippen LogP contribution in [0.3, 0.4) is 0 Å². The van der Waals surface area contributed by atoms with Gasteiger partial charge >= 0.3 is 0 Å². The molecule has 6 nitrogen and oxygen atoms in total. The molecule has 24 heavy (non-hydrogen) atoms. The van der Waals surface area contributed by atoms with Crippen molar-refractivity contribution in [2.75, 3.05) is 0 Å². The Balaban J connectivity index is 1.57. The molecule has 0 saturated heterocycles. The molecule has 0 spiro atoms. The van der Waals surface area contributed by atoms with Gasteiger partial charge in [0, 0.05) is 17.3 Å². The second kappa shape index (κ2) is 7.52. The Morgan fingerprint density at radius 2 is 2.12 bits per heavy atom. The molecule has 1 amide bonds. The molecule has 0 saturated carbocycles. The van der Waals surface area contributed by atoms with E-state index in [-0.39, 0.29) is 12.5 Å². The number of hydrogen-bond acceptors (Lipinski definition) is 4.